The summed E-state index contributed by atoms with van der Waals surface area (Å²) in [6.45, 7) is 2.04. The molecule has 2 unspecified atom stereocenters. The van der Waals surface area contributed by atoms with Gasteiger partial charge in [-0.2, -0.15) is 19.8 Å². The second-order valence-electron chi connectivity index (χ2n) is 16.8. The molecule has 354 valence electrons. The highest BCUT2D eigenvalue weighted by molar-refractivity contribution is 6.14. The zero-order valence-corrected chi connectivity index (χ0v) is 36.7. The Morgan fingerprint density at radius 2 is 1.60 bits per heavy atom. The molecule has 65 heavy (non-hydrogen) atoms. The van der Waals surface area contributed by atoms with Gasteiger partial charge in [-0.1, -0.05) is 46.0 Å². The van der Waals surface area contributed by atoms with Crippen LogP contribution in [0.4, 0.5) is 5.69 Å². The number of amides is 3. The second kappa shape index (κ2) is 27.0. The van der Waals surface area contributed by atoms with Crippen LogP contribution in [0.5, 0.6) is 5.75 Å². The van der Waals surface area contributed by atoms with Gasteiger partial charge in [0.25, 0.3) is 11.8 Å². The van der Waals surface area contributed by atoms with Crippen molar-refractivity contribution in [1.29, 1.82) is 5.26 Å². The number of hydrogen-bond donors (Lipinski definition) is 5. The number of aryl methyl sites for hydroxylation is 1. The number of carbonyl (C=O) groups is 4. The number of aliphatic imine (C=N–C) groups is 1. The van der Waals surface area contributed by atoms with Crippen molar-refractivity contribution in [2.45, 2.75) is 129 Å². The van der Waals surface area contributed by atoms with E-state index in [1.807, 2.05) is 48.4 Å². The van der Waals surface area contributed by atoms with Crippen molar-refractivity contribution in [3.63, 3.8) is 0 Å². The number of aliphatic hydroxyl groups is 4. The lowest BCUT2D eigenvalue weighted by Crippen LogP contribution is -2.54. The number of ether oxygens (including phenoxy) is 2. The van der Waals surface area contributed by atoms with Crippen molar-refractivity contribution in [3.05, 3.63) is 65.5 Å². The average Bonchev–Trinajstić information content (AvgIpc) is 3.87. The molecule has 2 aromatic rings. The molecule has 5 rings (SSSR count). The van der Waals surface area contributed by atoms with E-state index in [-0.39, 0.29) is 50.4 Å². The first-order valence-electron chi connectivity index (χ1n) is 21.7. The van der Waals surface area contributed by atoms with E-state index in [0.29, 0.717) is 43.6 Å². The maximum atomic E-state index is 12.9. The molecule has 0 bridgehead atoms. The quantitative estimate of drug-likeness (QED) is 0.0353. The standard InChI is InChI=1S/C45H61N6O10.CO2.CH4/c1-31-21-33(23-36(43(31)61-44-42(59)41(58)37(54)27-60-44)47-24-35(53)26-51-39(56)13-14-40(51)57)25-50-19-15-32(16-20-50)22-34(48-30-46)11-7-5-3-4-6-8-12-38(55)49(2)28-45(29-52)17-9-10-18-45;2-1-3;/h13-16,19-21,23,37,41-42,44,47,52,54,58-59H,3-12,17-18,22,24-29H2,1-2H3;;1H4/q+1;;/t37?,41-,42-,44?;;/m0../s1. The van der Waals surface area contributed by atoms with E-state index in [4.69, 9.17) is 19.1 Å². The van der Waals surface area contributed by atoms with Crippen LogP contribution >= 0.6 is 0 Å². The van der Waals surface area contributed by atoms with Crippen molar-refractivity contribution >= 4 is 41.1 Å². The Morgan fingerprint density at radius 1 is 0.985 bits per heavy atom. The zero-order chi connectivity index (χ0) is 46.6. The molecule has 4 atom stereocenters. The van der Waals surface area contributed by atoms with Gasteiger partial charge in [0.05, 0.1) is 32.0 Å². The fourth-order valence-corrected chi connectivity index (χ4v) is 8.24. The summed E-state index contributed by atoms with van der Waals surface area (Å²) in [7, 11) is 1.85. The van der Waals surface area contributed by atoms with E-state index < -0.39 is 48.7 Å². The molecule has 18 heteroatoms. The minimum absolute atomic E-state index is 0. The summed E-state index contributed by atoms with van der Waals surface area (Å²) in [4.78, 5) is 72.5. The van der Waals surface area contributed by atoms with Gasteiger partial charge < -0.3 is 40.1 Å². The first kappa shape index (κ1) is 53.7. The van der Waals surface area contributed by atoms with Crippen LogP contribution in [-0.2, 0) is 46.5 Å². The van der Waals surface area contributed by atoms with Gasteiger partial charge in [-0.3, -0.25) is 24.1 Å². The molecule has 0 radical (unpaired) electrons. The van der Waals surface area contributed by atoms with Gasteiger partial charge in [-0.15, -0.1) is 0 Å². The summed E-state index contributed by atoms with van der Waals surface area (Å²) < 4.78 is 13.4. The topological polar surface area (TPSA) is 260 Å². The number of nitrogens with one attached hydrogen (secondary N) is 1. The molecule has 0 spiro atoms. The largest absolute Gasteiger partial charge is 0.460 e. The van der Waals surface area contributed by atoms with Gasteiger partial charge >= 0.3 is 6.15 Å². The molecule has 3 heterocycles. The van der Waals surface area contributed by atoms with Crippen LogP contribution in [0.25, 0.3) is 0 Å². The molecule has 3 aliphatic rings. The van der Waals surface area contributed by atoms with Crippen LogP contribution < -0.4 is 14.6 Å². The molecule has 1 saturated carbocycles. The van der Waals surface area contributed by atoms with Crippen LogP contribution in [0, 0.1) is 23.8 Å². The molecular weight excluding hydrogens is 841 g/mol. The molecule has 1 aliphatic carbocycles. The SMILES string of the molecule is C.Cc1cc(C[n+]2ccc(CC(CCCCCCCCC(=O)N(C)CC3(CO)CCCC3)=NC#N)cc2)cc(NCC(=O)CN2C(=O)C=CC2=O)c1OC1OCC(O)[C@H](O)[C@@H]1O.O=C=O. The molecule has 2 fully saturated rings. The molecule has 18 nitrogen and oxygen atoms in total. The first-order valence-corrected chi connectivity index (χ1v) is 21.7. The van der Waals surface area contributed by atoms with E-state index in [9.17, 15) is 44.9 Å². The number of nitrogens with zero attached hydrogens (tertiary/aromatic N) is 5. The van der Waals surface area contributed by atoms with Crippen LogP contribution in [0.2, 0.25) is 0 Å². The molecule has 1 aromatic heterocycles. The third-order valence-corrected chi connectivity index (χ3v) is 11.8. The summed E-state index contributed by atoms with van der Waals surface area (Å²) in [6.07, 6.45) is 14.5. The summed E-state index contributed by atoms with van der Waals surface area (Å²) >= 11 is 0. The zero-order valence-electron chi connectivity index (χ0n) is 36.7. The van der Waals surface area contributed by atoms with E-state index in [1.54, 1.807) is 17.9 Å². The highest BCUT2D eigenvalue weighted by Crippen LogP contribution is 2.38. The number of rotatable bonds is 23. The minimum Gasteiger partial charge on any atom is -0.460 e. The van der Waals surface area contributed by atoms with Crippen LogP contribution in [-0.4, -0.2) is 130 Å². The summed E-state index contributed by atoms with van der Waals surface area (Å²) in [5.74, 6) is -1.18. The molecule has 5 N–H and O–H groups in total. The highest BCUT2D eigenvalue weighted by atomic mass is 16.7. The number of aliphatic hydroxyl groups excluding tert-OH is 4. The number of aromatic nitrogens is 1. The minimum atomic E-state index is -1.55. The van der Waals surface area contributed by atoms with Crippen LogP contribution in [0.15, 0.2) is 53.8 Å². The van der Waals surface area contributed by atoms with Crippen LogP contribution in [0.3, 0.4) is 0 Å². The fourth-order valence-electron chi connectivity index (χ4n) is 8.24. The Bertz CT molecular complexity index is 2020. The summed E-state index contributed by atoms with van der Waals surface area (Å²) in [5, 5.41) is 52.9. The van der Waals surface area contributed by atoms with Gasteiger partial charge in [0.1, 0.15) is 24.1 Å². The maximum Gasteiger partial charge on any atom is 0.373 e. The van der Waals surface area contributed by atoms with Crippen molar-refractivity contribution in [2.24, 2.45) is 10.4 Å². The van der Waals surface area contributed by atoms with Crippen molar-refractivity contribution < 1.29 is 63.2 Å². The van der Waals surface area contributed by atoms with Gasteiger partial charge in [-0.25, -0.2) is 4.57 Å². The number of nitriles is 1. The molecule has 2 aliphatic heterocycles. The summed E-state index contributed by atoms with van der Waals surface area (Å²) in [5.41, 5.74) is 3.52. The number of Topliss-reactive ketones (excluding diaryl/α,β-unsaturated/α-hetero) is 1. The Hall–Kier alpha value is -5.67. The van der Waals surface area contributed by atoms with Gasteiger partial charge in [0.2, 0.25) is 18.4 Å². The Labute approximate surface area is 380 Å². The first-order chi connectivity index (χ1) is 30.7. The number of pyridine rings is 1. The van der Waals surface area contributed by atoms with E-state index in [2.05, 4.69) is 10.3 Å². The third kappa shape index (κ3) is 16.4. The molecule has 1 saturated heterocycles. The third-order valence-electron chi connectivity index (χ3n) is 11.8. The lowest BCUT2D eigenvalue weighted by molar-refractivity contribution is -0.688. The van der Waals surface area contributed by atoms with Crippen molar-refractivity contribution in [3.8, 4) is 11.9 Å². The number of benzene rings is 1. The maximum absolute atomic E-state index is 12.9. The van der Waals surface area contributed by atoms with E-state index >= 15 is 0 Å². The number of unbranched alkanes of at least 4 members (excludes halogenated alkanes) is 5. The smallest absolute Gasteiger partial charge is 0.373 e. The number of imide groups is 1. The average molecular weight is 906 g/mol. The monoisotopic (exact) mass is 905 g/mol. The summed E-state index contributed by atoms with van der Waals surface area (Å²) in [6, 6.07) is 7.59. The van der Waals surface area contributed by atoms with Gasteiger partial charge in [-0.05, 0) is 62.3 Å². The second-order valence-corrected chi connectivity index (χ2v) is 16.8. The normalized spacial score (nSPS) is 20.0. The van der Waals surface area contributed by atoms with Crippen molar-refractivity contribution in [1.82, 2.24) is 9.80 Å². The number of hydrogen-bond acceptors (Lipinski definition) is 15. The Balaban J connectivity index is 0.00000273. The van der Waals surface area contributed by atoms with E-state index in [1.165, 1.54) is 0 Å². The van der Waals surface area contributed by atoms with Gasteiger partial charge in [0.15, 0.2) is 24.7 Å². The Kier molecular flexibility index (Phi) is 22.3. The number of anilines is 1. The molecular formula is C47H65N6O12+. The number of carbonyl (C=O) groups excluding carboxylic acids is 6. The van der Waals surface area contributed by atoms with Crippen LogP contribution in [0.1, 0.15) is 101 Å². The fraction of sp³-hybridized carbons (Fsp3) is 0.574. The predicted molar refractivity (Wildman–Crippen MR) is 236 cm³/mol. The highest BCUT2D eigenvalue weighted by Gasteiger charge is 2.40. The predicted octanol–water partition coefficient (Wildman–Crippen LogP) is 2.70. The van der Waals surface area contributed by atoms with Crippen molar-refractivity contribution in [2.75, 3.05) is 45.2 Å². The molecule has 1 aromatic carbocycles. The van der Waals surface area contributed by atoms with E-state index in [0.717, 1.165) is 98.1 Å². The lowest BCUT2D eigenvalue weighted by Gasteiger charge is -2.35. The number of ketones is 1. The van der Waals surface area contributed by atoms with Gasteiger partial charge in [0, 0.05) is 67.4 Å². The lowest BCUT2D eigenvalue weighted by atomic mass is 9.86. The molecule has 3 amide bonds. The Morgan fingerprint density at radius 3 is 2.22 bits per heavy atom.